The van der Waals surface area contributed by atoms with Crippen LogP contribution in [0.1, 0.15) is 29.3 Å². The Morgan fingerprint density at radius 1 is 1.18 bits per heavy atom. The van der Waals surface area contributed by atoms with Crippen LogP contribution in [0.2, 0.25) is 0 Å². The van der Waals surface area contributed by atoms with Crippen molar-refractivity contribution in [2.24, 2.45) is 0 Å². The summed E-state index contributed by atoms with van der Waals surface area (Å²) >= 11 is 0. The van der Waals surface area contributed by atoms with Crippen LogP contribution in [0.25, 0.3) is 0 Å². The number of ether oxygens (including phenoxy) is 1. The SMILES string of the molecule is COc1cc(C)c(Nc2nc(=O)cc3n2C(c2ccc(F)cc2)CC3)cc1F. The summed E-state index contributed by atoms with van der Waals surface area (Å²) in [6, 6.07) is 10.6. The Labute approximate surface area is 160 Å². The van der Waals surface area contributed by atoms with Crippen molar-refractivity contribution in [1.82, 2.24) is 9.55 Å². The monoisotopic (exact) mass is 383 g/mol. The largest absolute Gasteiger partial charge is 0.494 e. The van der Waals surface area contributed by atoms with Gasteiger partial charge in [0.25, 0.3) is 5.56 Å². The maximum atomic E-state index is 14.2. The Morgan fingerprint density at radius 3 is 2.64 bits per heavy atom. The van der Waals surface area contributed by atoms with E-state index in [9.17, 15) is 13.6 Å². The maximum absolute atomic E-state index is 14.2. The normalized spacial score (nSPS) is 15.4. The first-order valence-electron chi connectivity index (χ1n) is 8.95. The van der Waals surface area contributed by atoms with E-state index in [-0.39, 0.29) is 23.2 Å². The third-order valence-electron chi connectivity index (χ3n) is 5.03. The zero-order chi connectivity index (χ0) is 19.8. The van der Waals surface area contributed by atoms with Crippen molar-refractivity contribution < 1.29 is 13.5 Å². The van der Waals surface area contributed by atoms with Crippen molar-refractivity contribution in [2.75, 3.05) is 12.4 Å². The molecule has 0 saturated heterocycles. The van der Waals surface area contributed by atoms with Crippen LogP contribution < -0.4 is 15.6 Å². The topological polar surface area (TPSA) is 56.1 Å². The number of halogens is 2. The number of rotatable bonds is 4. The Morgan fingerprint density at radius 2 is 1.93 bits per heavy atom. The van der Waals surface area contributed by atoms with Crippen molar-refractivity contribution in [1.29, 1.82) is 0 Å². The molecule has 1 N–H and O–H groups in total. The fraction of sp³-hybridized carbons (Fsp3) is 0.238. The molecular formula is C21H19F2N3O2. The van der Waals surface area contributed by atoms with Crippen molar-refractivity contribution in [2.45, 2.75) is 25.8 Å². The molecule has 0 saturated carbocycles. The van der Waals surface area contributed by atoms with Gasteiger partial charge in [0.2, 0.25) is 5.95 Å². The van der Waals surface area contributed by atoms with Crippen LogP contribution in [-0.2, 0) is 6.42 Å². The standard InChI is InChI=1S/C21H19F2N3O2/c1-12-9-19(28-2)16(23)11-17(12)24-21-25-20(27)10-15-7-8-18(26(15)21)13-3-5-14(22)6-4-13/h3-6,9-11,18H,7-8H2,1-2H3,(H,24,25,27). The van der Waals surface area contributed by atoms with E-state index in [2.05, 4.69) is 10.3 Å². The summed E-state index contributed by atoms with van der Waals surface area (Å²) in [5, 5.41) is 3.10. The highest BCUT2D eigenvalue weighted by atomic mass is 19.1. The summed E-state index contributed by atoms with van der Waals surface area (Å²) in [7, 11) is 1.41. The predicted molar refractivity (Wildman–Crippen MR) is 102 cm³/mol. The van der Waals surface area contributed by atoms with E-state index in [1.54, 1.807) is 18.2 Å². The van der Waals surface area contributed by atoms with E-state index >= 15 is 0 Å². The van der Waals surface area contributed by atoms with Gasteiger partial charge in [-0.2, -0.15) is 4.98 Å². The molecule has 144 valence electrons. The Hall–Kier alpha value is -3.22. The van der Waals surface area contributed by atoms with Crippen LogP contribution in [0, 0.1) is 18.6 Å². The van der Waals surface area contributed by atoms with Gasteiger partial charge in [-0.25, -0.2) is 8.78 Å². The molecule has 1 atom stereocenters. The van der Waals surface area contributed by atoms with Crippen LogP contribution in [0.15, 0.2) is 47.3 Å². The van der Waals surface area contributed by atoms with Crippen molar-refractivity contribution in [3.8, 4) is 5.75 Å². The number of nitrogens with zero attached hydrogens (tertiary/aromatic N) is 2. The molecule has 0 aliphatic carbocycles. The highest BCUT2D eigenvalue weighted by Gasteiger charge is 2.27. The molecule has 7 heteroatoms. The molecular weight excluding hydrogens is 364 g/mol. The number of fused-ring (bicyclic) bond motifs is 1. The minimum atomic E-state index is -0.509. The first kappa shape index (κ1) is 18.2. The van der Waals surface area contributed by atoms with Gasteiger partial charge in [-0.15, -0.1) is 0 Å². The number of aromatic nitrogens is 2. The van der Waals surface area contributed by atoms with Gasteiger partial charge in [-0.3, -0.25) is 4.79 Å². The van der Waals surface area contributed by atoms with E-state index in [1.165, 1.54) is 31.4 Å². The fourth-order valence-electron chi connectivity index (χ4n) is 3.65. The average Bonchev–Trinajstić information content (AvgIpc) is 3.09. The molecule has 5 nitrogen and oxygen atoms in total. The molecule has 0 bridgehead atoms. The first-order chi connectivity index (χ1) is 13.5. The predicted octanol–water partition coefficient (Wildman–Crippen LogP) is 4.12. The van der Waals surface area contributed by atoms with Gasteiger partial charge in [0.15, 0.2) is 11.6 Å². The number of benzene rings is 2. The maximum Gasteiger partial charge on any atom is 0.274 e. The van der Waals surface area contributed by atoms with Crippen LogP contribution in [0.3, 0.4) is 0 Å². The molecule has 2 heterocycles. The lowest BCUT2D eigenvalue weighted by Crippen LogP contribution is -2.19. The van der Waals surface area contributed by atoms with E-state index in [0.29, 0.717) is 18.1 Å². The molecule has 0 radical (unpaired) electrons. The van der Waals surface area contributed by atoms with Gasteiger partial charge in [0, 0.05) is 23.5 Å². The Kier molecular flexibility index (Phi) is 4.58. The van der Waals surface area contributed by atoms with E-state index < -0.39 is 5.82 Å². The van der Waals surface area contributed by atoms with Crippen molar-refractivity contribution in [3.05, 3.63) is 81.3 Å². The van der Waals surface area contributed by atoms with Crippen LogP contribution >= 0.6 is 0 Å². The van der Waals surface area contributed by atoms with Gasteiger partial charge >= 0.3 is 0 Å². The summed E-state index contributed by atoms with van der Waals surface area (Å²) in [5.74, 6) is -0.328. The summed E-state index contributed by atoms with van der Waals surface area (Å²) in [5.41, 5.74) is 2.65. The summed E-state index contributed by atoms with van der Waals surface area (Å²) in [4.78, 5) is 16.2. The molecule has 28 heavy (non-hydrogen) atoms. The third-order valence-corrected chi connectivity index (χ3v) is 5.03. The highest BCUT2D eigenvalue weighted by molar-refractivity contribution is 5.61. The van der Waals surface area contributed by atoms with Gasteiger partial charge in [0.05, 0.1) is 13.2 Å². The average molecular weight is 383 g/mol. The smallest absolute Gasteiger partial charge is 0.274 e. The van der Waals surface area contributed by atoms with Gasteiger partial charge in [-0.05, 0) is 49.1 Å². The van der Waals surface area contributed by atoms with Crippen LogP contribution in [0.4, 0.5) is 20.4 Å². The zero-order valence-corrected chi connectivity index (χ0v) is 15.5. The molecule has 4 rings (SSSR count). The lowest BCUT2D eigenvalue weighted by molar-refractivity contribution is 0.386. The summed E-state index contributed by atoms with van der Waals surface area (Å²) in [6.07, 6.45) is 1.46. The molecule has 1 aliphatic rings. The highest BCUT2D eigenvalue weighted by Crippen LogP contribution is 2.35. The summed E-state index contributed by atoms with van der Waals surface area (Å²) in [6.45, 7) is 1.81. The Bertz CT molecular complexity index is 1090. The molecule has 3 aromatic rings. The second-order valence-electron chi connectivity index (χ2n) is 6.81. The molecule has 1 aromatic heterocycles. The molecule has 1 aliphatic heterocycles. The number of anilines is 2. The summed E-state index contributed by atoms with van der Waals surface area (Å²) < 4.78 is 34.4. The molecule has 2 aromatic carbocycles. The second-order valence-corrected chi connectivity index (χ2v) is 6.81. The minimum Gasteiger partial charge on any atom is -0.494 e. The van der Waals surface area contributed by atoms with Crippen LogP contribution in [-0.4, -0.2) is 16.7 Å². The first-order valence-corrected chi connectivity index (χ1v) is 8.95. The van der Waals surface area contributed by atoms with E-state index in [1.807, 2.05) is 11.5 Å². The van der Waals surface area contributed by atoms with E-state index in [0.717, 1.165) is 23.2 Å². The lowest BCUT2D eigenvalue weighted by atomic mass is 10.0. The molecule has 0 fully saturated rings. The van der Waals surface area contributed by atoms with Gasteiger partial charge < -0.3 is 14.6 Å². The van der Waals surface area contributed by atoms with Crippen molar-refractivity contribution in [3.63, 3.8) is 0 Å². The zero-order valence-electron chi connectivity index (χ0n) is 15.5. The van der Waals surface area contributed by atoms with Gasteiger partial charge in [-0.1, -0.05) is 12.1 Å². The van der Waals surface area contributed by atoms with Crippen molar-refractivity contribution >= 4 is 11.6 Å². The number of hydrogen-bond donors (Lipinski definition) is 1. The molecule has 0 amide bonds. The van der Waals surface area contributed by atoms with Gasteiger partial charge in [0.1, 0.15) is 5.82 Å². The second kappa shape index (κ2) is 7.07. The molecule has 1 unspecified atom stereocenters. The van der Waals surface area contributed by atoms with Crippen LogP contribution in [0.5, 0.6) is 5.75 Å². The van der Waals surface area contributed by atoms with E-state index in [4.69, 9.17) is 4.74 Å². The number of hydrogen-bond acceptors (Lipinski definition) is 4. The number of nitrogens with one attached hydrogen (secondary N) is 1. The minimum absolute atomic E-state index is 0.0883. The quantitative estimate of drug-likeness (QED) is 0.736. The number of methoxy groups -OCH3 is 1. The third kappa shape index (κ3) is 3.24. The lowest BCUT2D eigenvalue weighted by Gasteiger charge is -2.21. The fourth-order valence-corrected chi connectivity index (χ4v) is 3.65. The molecule has 0 spiro atoms. The Balaban J connectivity index is 1.78. The number of aryl methyl sites for hydroxylation is 2.